The summed E-state index contributed by atoms with van der Waals surface area (Å²) in [6.45, 7) is 1.90. The first-order chi connectivity index (χ1) is 8.04. The van der Waals surface area contributed by atoms with E-state index in [2.05, 4.69) is 24.3 Å². The van der Waals surface area contributed by atoms with Crippen molar-refractivity contribution in [3.63, 3.8) is 0 Å². The summed E-state index contributed by atoms with van der Waals surface area (Å²) in [4.78, 5) is 12.9. The van der Waals surface area contributed by atoms with Crippen LogP contribution in [0.4, 0.5) is 5.69 Å². The van der Waals surface area contributed by atoms with E-state index in [1.807, 2.05) is 25.9 Å². The molecule has 0 aromatic heterocycles. The van der Waals surface area contributed by atoms with Crippen LogP contribution in [0.2, 0.25) is 0 Å². The molecule has 0 aliphatic heterocycles. The van der Waals surface area contributed by atoms with E-state index < -0.39 is 5.97 Å². The Hall–Kier alpha value is -1.16. The van der Waals surface area contributed by atoms with Crippen molar-refractivity contribution in [3.05, 3.63) is 29.8 Å². The second kappa shape index (κ2) is 6.55. The quantitative estimate of drug-likeness (QED) is 0.846. The fourth-order valence-electron chi connectivity index (χ4n) is 1.45. The summed E-state index contributed by atoms with van der Waals surface area (Å²) in [5.74, 6) is 0.0285. The Bertz CT molecular complexity index is 362. The Kier molecular flexibility index (Phi) is 5.35. The summed E-state index contributed by atoms with van der Waals surface area (Å²) in [7, 11) is 4.00. The molecule has 4 heteroatoms. The van der Waals surface area contributed by atoms with Gasteiger partial charge in [0, 0.05) is 25.5 Å². The maximum atomic E-state index is 10.9. The van der Waals surface area contributed by atoms with Crippen molar-refractivity contribution in [1.82, 2.24) is 0 Å². The fraction of sp³-hybridized carbons (Fsp3) is 0.462. The standard InChI is InChI=1S/C13H19NO2S/c1-4-12(13(15)16)17-9-10-5-7-11(8-6-10)14(2)3/h5-8,12H,4,9H2,1-3H3,(H,15,16). The van der Waals surface area contributed by atoms with Crippen LogP contribution in [0, 0.1) is 0 Å². The predicted molar refractivity (Wildman–Crippen MR) is 73.8 cm³/mol. The molecule has 0 radical (unpaired) electrons. The van der Waals surface area contributed by atoms with Crippen molar-refractivity contribution >= 4 is 23.4 Å². The van der Waals surface area contributed by atoms with Crippen LogP contribution in [0.1, 0.15) is 18.9 Å². The zero-order valence-corrected chi connectivity index (χ0v) is 11.3. The monoisotopic (exact) mass is 253 g/mol. The van der Waals surface area contributed by atoms with Gasteiger partial charge in [0.2, 0.25) is 0 Å². The molecule has 0 amide bonds. The fourth-order valence-corrected chi connectivity index (χ4v) is 2.42. The van der Waals surface area contributed by atoms with Crippen LogP contribution in [-0.4, -0.2) is 30.4 Å². The van der Waals surface area contributed by atoms with Gasteiger partial charge in [-0.25, -0.2) is 0 Å². The molecule has 0 aliphatic carbocycles. The summed E-state index contributed by atoms with van der Waals surface area (Å²) < 4.78 is 0. The molecule has 0 bridgehead atoms. The largest absolute Gasteiger partial charge is 0.480 e. The summed E-state index contributed by atoms with van der Waals surface area (Å²) >= 11 is 1.48. The molecule has 0 saturated heterocycles. The van der Waals surface area contributed by atoms with Crippen molar-refractivity contribution in [1.29, 1.82) is 0 Å². The minimum absolute atomic E-state index is 0.302. The van der Waals surface area contributed by atoms with Crippen LogP contribution >= 0.6 is 11.8 Å². The summed E-state index contributed by atoms with van der Waals surface area (Å²) in [5.41, 5.74) is 2.32. The summed E-state index contributed by atoms with van der Waals surface area (Å²) in [5, 5.41) is 8.64. The van der Waals surface area contributed by atoms with Crippen molar-refractivity contribution in [3.8, 4) is 0 Å². The lowest BCUT2D eigenvalue weighted by Crippen LogP contribution is -2.15. The molecule has 1 aromatic rings. The number of carbonyl (C=O) groups is 1. The van der Waals surface area contributed by atoms with Crippen LogP contribution < -0.4 is 4.90 Å². The third-order valence-corrected chi connectivity index (χ3v) is 3.99. The zero-order valence-electron chi connectivity index (χ0n) is 10.5. The Labute approximate surface area is 107 Å². The van der Waals surface area contributed by atoms with E-state index in [0.717, 1.165) is 11.4 Å². The molecule has 3 nitrogen and oxygen atoms in total. The van der Waals surface area contributed by atoms with Crippen molar-refractivity contribution in [2.75, 3.05) is 19.0 Å². The molecule has 0 heterocycles. The second-order valence-electron chi connectivity index (χ2n) is 4.11. The first kappa shape index (κ1) is 13.9. The zero-order chi connectivity index (χ0) is 12.8. The number of anilines is 1. The lowest BCUT2D eigenvalue weighted by Gasteiger charge is -2.13. The van der Waals surface area contributed by atoms with Gasteiger partial charge in [0.25, 0.3) is 0 Å². The van der Waals surface area contributed by atoms with Gasteiger partial charge >= 0.3 is 5.97 Å². The minimum atomic E-state index is -0.720. The van der Waals surface area contributed by atoms with Gasteiger partial charge in [-0.2, -0.15) is 0 Å². The SMILES string of the molecule is CCC(SCc1ccc(N(C)C)cc1)C(=O)O. The molecule has 1 N–H and O–H groups in total. The van der Waals surface area contributed by atoms with Gasteiger partial charge in [0.05, 0.1) is 0 Å². The van der Waals surface area contributed by atoms with Gasteiger partial charge in [-0.3, -0.25) is 4.79 Å². The van der Waals surface area contributed by atoms with Gasteiger partial charge in [0.1, 0.15) is 5.25 Å². The molecule has 0 fully saturated rings. The molecule has 1 aromatic carbocycles. The molecule has 0 spiro atoms. The van der Waals surface area contributed by atoms with Gasteiger partial charge in [-0.15, -0.1) is 11.8 Å². The van der Waals surface area contributed by atoms with E-state index in [9.17, 15) is 4.79 Å². The smallest absolute Gasteiger partial charge is 0.316 e. The number of benzene rings is 1. The molecule has 0 aliphatic rings. The summed E-state index contributed by atoms with van der Waals surface area (Å²) in [6, 6.07) is 8.21. The van der Waals surface area contributed by atoms with Gasteiger partial charge in [-0.05, 0) is 24.1 Å². The Balaban J connectivity index is 2.55. The average molecular weight is 253 g/mol. The Morgan fingerprint density at radius 2 is 1.94 bits per heavy atom. The highest BCUT2D eigenvalue weighted by atomic mass is 32.2. The first-order valence-electron chi connectivity index (χ1n) is 5.65. The number of hydrogen-bond acceptors (Lipinski definition) is 3. The van der Waals surface area contributed by atoms with Gasteiger partial charge in [-0.1, -0.05) is 19.1 Å². The van der Waals surface area contributed by atoms with Crippen molar-refractivity contribution < 1.29 is 9.90 Å². The Morgan fingerprint density at radius 3 is 2.35 bits per heavy atom. The van der Waals surface area contributed by atoms with E-state index in [4.69, 9.17) is 5.11 Å². The van der Waals surface area contributed by atoms with Crippen LogP contribution in [0.25, 0.3) is 0 Å². The molecular formula is C13H19NO2S. The van der Waals surface area contributed by atoms with E-state index in [1.165, 1.54) is 17.3 Å². The number of nitrogens with zero attached hydrogens (tertiary/aromatic N) is 1. The van der Waals surface area contributed by atoms with Crippen molar-refractivity contribution in [2.24, 2.45) is 0 Å². The third-order valence-electron chi connectivity index (χ3n) is 2.55. The van der Waals surface area contributed by atoms with E-state index in [0.29, 0.717) is 6.42 Å². The molecule has 1 rings (SSSR count). The number of carboxylic acids is 1. The number of carboxylic acid groups (broad SMARTS) is 1. The Morgan fingerprint density at radius 1 is 1.35 bits per heavy atom. The predicted octanol–water partition coefficient (Wildman–Crippen LogP) is 2.85. The second-order valence-corrected chi connectivity index (χ2v) is 5.30. The molecule has 17 heavy (non-hydrogen) atoms. The summed E-state index contributed by atoms with van der Waals surface area (Å²) in [6.07, 6.45) is 0.662. The number of thioether (sulfide) groups is 1. The highest BCUT2D eigenvalue weighted by Crippen LogP contribution is 2.22. The number of rotatable bonds is 6. The van der Waals surface area contributed by atoms with Gasteiger partial charge in [0.15, 0.2) is 0 Å². The van der Waals surface area contributed by atoms with E-state index in [-0.39, 0.29) is 5.25 Å². The highest BCUT2D eigenvalue weighted by molar-refractivity contribution is 7.99. The molecular weight excluding hydrogens is 234 g/mol. The molecule has 1 atom stereocenters. The van der Waals surface area contributed by atoms with Gasteiger partial charge < -0.3 is 10.0 Å². The first-order valence-corrected chi connectivity index (χ1v) is 6.70. The lowest BCUT2D eigenvalue weighted by atomic mass is 10.2. The van der Waals surface area contributed by atoms with Crippen molar-refractivity contribution in [2.45, 2.75) is 24.3 Å². The van der Waals surface area contributed by atoms with Crippen LogP contribution in [-0.2, 0) is 10.5 Å². The number of hydrogen-bond donors (Lipinski definition) is 1. The van der Waals surface area contributed by atoms with E-state index in [1.54, 1.807) is 0 Å². The van der Waals surface area contributed by atoms with Crippen LogP contribution in [0.3, 0.4) is 0 Å². The topological polar surface area (TPSA) is 40.5 Å². The molecule has 0 saturated carbocycles. The van der Waals surface area contributed by atoms with E-state index >= 15 is 0 Å². The maximum Gasteiger partial charge on any atom is 0.316 e. The maximum absolute atomic E-state index is 10.9. The lowest BCUT2D eigenvalue weighted by molar-refractivity contribution is -0.136. The highest BCUT2D eigenvalue weighted by Gasteiger charge is 2.14. The third kappa shape index (κ3) is 4.30. The normalized spacial score (nSPS) is 12.2. The van der Waals surface area contributed by atoms with Crippen LogP contribution in [0.5, 0.6) is 0 Å². The van der Waals surface area contributed by atoms with Crippen LogP contribution in [0.15, 0.2) is 24.3 Å². The molecule has 1 unspecified atom stereocenters. The minimum Gasteiger partial charge on any atom is -0.480 e. The average Bonchev–Trinajstić information content (AvgIpc) is 2.30. The molecule has 94 valence electrons. The number of aliphatic carboxylic acids is 1.